The smallest absolute Gasteiger partial charge is 0.243 e. The van der Waals surface area contributed by atoms with Crippen LogP contribution in [0.15, 0.2) is 64.0 Å². The van der Waals surface area contributed by atoms with Crippen molar-refractivity contribution in [2.75, 3.05) is 20.1 Å². The van der Waals surface area contributed by atoms with E-state index in [2.05, 4.69) is 15.9 Å². The highest BCUT2D eigenvalue weighted by atomic mass is 79.9. The molecular weight excluding hydrogens is 584 g/mol. The normalized spacial score (nSPS) is 15.9. The fourth-order valence-electron chi connectivity index (χ4n) is 5.38. The molecule has 1 atom stereocenters. The van der Waals surface area contributed by atoms with Crippen LogP contribution in [0.3, 0.4) is 0 Å². The van der Waals surface area contributed by atoms with Gasteiger partial charge in [0, 0.05) is 35.6 Å². The molecule has 0 saturated carbocycles. The van der Waals surface area contributed by atoms with E-state index in [9.17, 15) is 13.2 Å². The van der Waals surface area contributed by atoms with Crippen molar-refractivity contribution in [2.45, 2.75) is 51.5 Å². The first-order valence-electron chi connectivity index (χ1n) is 12.8. The van der Waals surface area contributed by atoms with Crippen LogP contribution in [0.25, 0.3) is 0 Å². The third-order valence-electron chi connectivity index (χ3n) is 7.80. The SMILES string of the molecule is Cc1cc(C)c(C)c(S(=O)(=O)N2CCC(C(=O)N(C)C(c3ccc(Cl)cc3)c3ccc(Br)cc3)CC2)c1C. The molecule has 1 unspecified atom stereocenters. The van der Waals surface area contributed by atoms with Gasteiger partial charge in [-0.3, -0.25) is 4.79 Å². The van der Waals surface area contributed by atoms with Crippen LogP contribution in [0.2, 0.25) is 5.02 Å². The van der Waals surface area contributed by atoms with Crippen molar-refractivity contribution in [3.05, 3.63) is 97.5 Å². The molecule has 1 saturated heterocycles. The topological polar surface area (TPSA) is 57.7 Å². The lowest BCUT2D eigenvalue weighted by atomic mass is 9.92. The Hall–Kier alpha value is -2.19. The molecule has 0 radical (unpaired) electrons. The Kier molecular flexibility index (Phi) is 8.72. The molecule has 4 rings (SSSR count). The lowest BCUT2D eigenvalue weighted by Crippen LogP contribution is -2.44. The van der Waals surface area contributed by atoms with Gasteiger partial charge in [0.2, 0.25) is 15.9 Å². The van der Waals surface area contributed by atoms with Crippen LogP contribution < -0.4 is 0 Å². The summed E-state index contributed by atoms with van der Waals surface area (Å²) in [6.07, 6.45) is 0.970. The van der Waals surface area contributed by atoms with Crippen LogP contribution in [0.4, 0.5) is 0 Å². The molecule has 1 amide bonds. The Balaban J connectivity index is 1.55. The molecule has 3 aromatic rings. The monoisotopic (exact) mass is 616 g/mol. The lowest BCUT2D eigenvalue weighted by Gasteiger charge is -2.36. The van der Waals surface area contributed by atoms with Gasteiger partial charge >= 0.3 is 0 Å². The van der Waals surface area contributed by atoms with Crippen LogP contribution >= 0.6 is 27.5 Å². The second-order valence-corrected chi connectivity index (χ2v) is 13.4. The Labute approximate surface area is 240 Å². The molecule has 5 nitrogen and oxygen atoms in total. The van der Waals surface area contributed by atoms with Crippen LogP contribution in [0.1, 0.15) is 52.3 Å². The third-order valence-corrected chi connectivity index (χ3v) is 10.8. The largest absolute Gasteiger partial charge is 0.334 e. The quantitative estimate of drug-likeness (QED) is 0.300. The summed E-state index contributed by atoms with van der Waals surface area (Å²) >= 11 is 9.63. The molecule has 3 aromatic carbocycles. The molecule has 0 aromatic heterocycles. The number of carbonyl (C=O) groups is 1. The predicted octanol–water partition coefficient (Wildman–Crippen LogP) is 6.98. The van der Waals surface area contributed by atoms with Gasteiger partial charge in [0.25, 0.3) is 0 Å². The first-order chi connectivity index (χ1) is 17.9. The zero-order chi connectivity index (χ0) is 27.8. The Bertz CT molecular complexity index is 1360. The molecule has 1 aliphatic rings. The number of carbonyl (C=O) groups excluding carboxylic acids is 1. The maximum absolute atomic E-state index is 13.8. The number of rotatable bonds is 6. The fraction of sp³-hybridized carbons (Fsp3) is 0.367. The maximum atomic E-state index is 13.8. The zero-order valence-electron chi connectivity index (χ0n) is 22.5. The number of hydrogen-bond acceptors (Lipinski definition) is 3. The predicted molar refractivity (Wildman–Crippen MR) is 157 cm³/mol. The second-order valence-electron chi connectivity index (χ2n) is 10.2. The summed E-state index contributed by atoms with van der Waals surface area (Å²) in [5.41, 5.74) is 5.50. The van der Waals surface area contributed by atoms with Gasteiger partial charge in [-0.2, -0.15) is 4.31 Å². The highest BCUT2D eigenvalue weighted by Crippen LogP contribution is 2.34. The number of nitrogens with zero attached hydrogens (tertiary/aromatic N) is 2. The van der Waals surface area contributed by atoms with Crippen molar-refractivity contribution in [1.82, 2.24) is 9.21 Å². The maximum Gasteiger partial charge on any atom is 0.243 e. The van der Waals surface area contributed by atoms with Gasteiger partial charge < -0.3 is 4.90 Å². The second kappa shape index (κ2) is 11.5. The number of hydrogen-bond donors (Lipinski definition) is 0. The van der Waals surface area contributed by atoms with Crippen molar-refractivity contribution in [3.63, 3.8) is 0 Å². The van der Waals surface area contributed by atoms with E-state index >= 15 is 0 Å². The van der Waals surface area contributed by atoms with Crippen molar-refractivity contribution in [1.29, 1.82) is 0 Å². The summed E-state index contributed by atoms with van der Waals surface area (Å²) in [5.74, 6) is -0.234. The Morgan fingerprint density at radius 2 is 1.39 bits per heavy atom. The van der Waals surface area contributed by atoms with Gasteiger partial charge in [-0.25, -0.2) is 8.42 Å². The van der Waals surface area contributed by atoms with Gasteiger partial charge in [-0.05, 0) is 98.2 Å². The summed E-state index contributed by atoms with van der Waals surface area (Å²) < 4.78 is 29.9. The average Bonchev–Trinajstić information content (AvgIpc) is 2.89. The van der Waals surface area contributed by atoms with Gasteiger partial charge in [-0.15, -0.1) is 0 Å². The minimum atomic E-state index is -3.66. The molecule has 0 bridgehead atoms. The number of sulfonamides is 1. The Morgan fingerprint density at radius 3 is 1.89 bits per heavy atom. The fourth-order valence-corrected chi connectivity index (χ4v) is 7.82. The lowest BCUT2D eigenvalue weighted by molar-refractivity contribution is -0.137. The van der Waals surface area contributed by atoms with E-state index in [1.54, 1.807) is 9.21 Å². The van der Waals surface area contributed by atoms with Crippen molar-refractivity contribution < 1.29 is 13.2 Å². The van der Waals surface area contributed by atoms with Gasteiger partial charge in [0.1, 0.15) is 0 Å². The highest BCUT2D eigenvalue weighted by molar-refractivity contribution is 9.10. The van der Waals surface area contributed by atoms with Crippen LogP contribution in [0, 0.1) is 33.6 Å². The van der Waals surface area contributed by atoms with E-state index in [4.69, 9.17) is 11.6 Å². The van der Waals surface area contributed by atoms with Crippen molar-refractivity contribution in [3.8, 4) is 0 Å². The van der Waals surface area contributed by atoms with Crippen molar-refractivity contribution in [2.24, 2.45) is 5.92 Å². The van der Waals surface area contributed by atoms with E-state index in [1.165, 1.54) is 0 Å². The minimum absolute atomic E-state index is 0.0173. The molecule has 202 valence electrons. The molecule has 1 fully saturated rings. The number of amides is 1. The molecule has 0 N–H and O–H groups in total. The summed E-state index contributed by atoms with van der Waals surface area (Å²) in [5, 5.41) is 0.639. The highest BCUT2D eigenvalue weighted by Gasteiger charge is 2.36. The summed E-state index contributed by atoms with van der Waals surface area (Å²) in [6, 6.07) is 17.3. The summed E-state index contributed by atoms with van der Waals surface area (Å²) in [7, 11) is -1.83. The number of benzene rings is 3. The van der Waals surface area contributed by atoms with E-state index in [-0.39, 0.29) is 17.9 Å². The third kappa shape index (κ3) is 5.71. The van der Waals surface area contributed by atoms with E-state index in [1.807, 2.05) is 89.3 Å². The molecule has 1 heterocycles. The first-order valence-corrected chi connectivity index (χ1v) is 15.4. The molecule has 8 heteroatoms. The molecular formula is C30H34BrClN2O3S. The minimum Gasteiger partial charge on any atom is -0.334 e. The zero-order valence-corrected chi connectivity index (χ0v) is 25.6. The van der Waals surface area contributed by atoms with Gasteiger partial charge in [0.05, 0.1) is 10.9 Å². The number of aryl methyl sites for hydroxylation is 2. The summed E-state index contributed by atoms with van der Waals surface area (Å²) in [4.78, 5) is 16.0. The van der Waals surface area contributed by atoms with Gasteiger partial charge in [0.15, 0.2) is 0 Å². The first kappa shape index (κ1) is 28.8. The number of halogens is 2. The van der Waals surface area contributed by atoms with E-state index in [0.29, 0.717) is 35.8 Å². The van der Waals surface area contributed by atoms with Gasteiger partial charge in [-0.1, -0.05) is 57.9 Å². The molecule has 0 aliphatic carbocycles. The standard InChI is InChI=1S/C30H34BrClN2O3S/c1-19-18-20(2)22(4)29(21(19)3)38(36,37)34-16-14-25(15-17-34)30(35)33(5)28(23-6-10-26(31)11-7-23)24-8-12-27(32)13-9-24/h6-13,18,25,28H,14-17H2,1-5H3. The molecule has 1 aliphatic heterocycles. The Morgan fingerprint density at radius 1 is 0.921 bits per heavy atom. The molecule has 38 heavy (non-hydrogen) atoms. The summed E-state index contributed by atoms with van der Waals surface area (Å²) in [6.45, 7) is 8.29. The molecule has 0 spiro atoms. The number of piperidine rings is 1. The van der Waals surface area contributed by atoms with Crippen LogP contribution in [-0.4, -0.2) is 43.7 Å². The van der Waals surface area contributed by atoms with Crippen molar-refractivity contribution >= 4 is 43.5 Å². The van der Waals surface area contributed by atoms with E-state index < -0.39 is 10.0 Å². The van der Waals surface area contributed by atoms with Crippen LogP contribution in [-0.2, 0) is 14.8 Å². The van der Waals surface area contributed by atoms with E-state index in [0.717, 1.165) is 37.9 Å². The average molecular weight is 618 g/mol. The van der Waals surface area contributed by atoms with Crippen LogP contribution in [0.5, 0.6) is 0 Å².